The predicted octanol–water partition coefficient (Wildman–Crippen LogP) is -13.3. The van der Waals surface area contributed by atoms with Gasteiger partial charge in [0.05, 0.1) is 64.8 Å². The highest BCUT2D eigenvalue weighted by molar-refractivity contribution is 6.11. The van der Waals surface area contributed by atoms with Crippen LogP contribution < -0.4 is 110 Å². The number of H-pyrrole nitrogens is 4. The van der Waals surface area contributed by atoms with Gasteiger partial charge in [-0.15, -0.1) is 0 Å². The van der Waals surface area contributed by atoms with Crippen molar-refractivity contribution in [2.45, 2.75) is 86.5 Å². The maximum absolute atomic E-state index is 14.6. The second kappa shape index (κ2) is 51.1. The summed E-state index contributed by atoms with van der Waals surface area (Å²) in [7, 11) is 0. The quantitative estimate of drug-likeness (QED) is 0.0157. The Morgan fingerprint density at radius 3 is 0.993 bits per heavy atom. The molecule has 0 aromatic carbocycles. The summed E-state index contributed by atoms with van der Waals surface area (Å²) in [5.74, 6) is -13.7. The molecule has 0 radical (unpaired) electrons. The van der Waals surface area contributed by atoms with E-state index in [1.165, 1.54) is 60.8 Å². The SMILES string of the molecule is C=C1C=C(C(=O)NCCN(CC(=O)NCCN(CC(=O)NCCN(CC(=O)NCCN(CC(=O)NCCN(CC(=O)NCCN(CC(=O)NCCN(CC(=O)NC(C)C)C(=O)Cn2cc(C)c(=O)[nH]c2=O)C(=O)Cn2cc(C)c(=O)[nH]c2=O)C(=O)Cn2cnc3c(N)ncnc32)C(=O)Cn2ccc(N)nc2=O)C(=O)Cn2cnc3c(=O)[nH]c(N)nc32)C(=O)Cn2cnc3c(N)ncnc32)C(=O)Cn2cc(C)c(=O)[nH]c2=O)C=CC1=O. The molecule has 0 fully saturated rings. The van der Waals surface area contributed by atoms with Gasteiger partial charge in [0.2, 0.25) is 88.6 Å². The molecule has 0 saturated heterocycles. The Kier molecular flexibility index (Phi) is 37.8. The number of hydrogen-bond donors (Lipinski definition) is 16. The average Bonchev–Trinajstić information content (AvgIpc) is 1.65. The number of imidazole rings is 3. The van der Waals surface area contributed by atoms with Crippen LogP contribution in [0.3, 0.4) is 0 Å². The van der Waals surface area contributed by atoms with Crippen molar-refractivity contribution in [2.24, 2.45) is 0 Å². The summed E-state index contributed by atoms with van der Waals surface area (Å²) in [6.45, 7) is -5.05. The molecule has 10 aromatic heterocycles. The van der Waals surface area contributed by atoms with Crippen molar-refractivity contribution in [3.63, 3.8) is 0 Å². The molecular formula is C87H107N39O24. The molecule has 1 aliphatic rings. The van der Waals surface area contributed by atoms with Crippen LogP contribution >= 0.6 is 0 Å². The smallest absolute Gasteiger partial charge is 0.349 e. The highest BCUT2D eigenvalue weighted by Gasteiger charge is 2.31. The van der Waals surface area contributed by atoms with E-state index in [0.29, 0.717) is 0 Å². The number of aromatic amines is 4. The van der Waals surface area contributed by atoms with Crippen molar-refractivity contribution < 1.29 is 76.7 Å². The number of nitrogens with zero attached hydrogens (tertiary/aromatic N) is 23. The molecule has 63 nitrogen and oxygen atoms in total. The molecule has 0 spiro atoms. The summed E-state index contributed by atoms with van der Waals surface area (Å²) in [6.07, 6.45) is 13.9. The minimum atomic E-state index is -1.000. The molecule has 0 atom stereocenters. The van der Waals surface area contributed by atoms with Gasteiger partial charge >= 0.3 is 22.8 Å². The monoisotopic (exact) mass is 2080 g/mol. The van der Waals surface area contributed by atoms with Crippen LogP contribution in [0.25, 0.3) is 33.5 Å². The minimum Gasteiger partial charge on any atom is -0.383 e. The van der Waals surface area contributed by atoms with Gasteiger partial charge in [-0.2, -0.15) is 9.97 Å². The number of amides is 15. The lowest BCUT2D eigenvalue weighted by atomic mass is 10.0. The Hall–Kier alpha value is -19.5. The second-order valence-corrected chi connectivity index (χ2v) is 34.1. The van der Waals surface area contributed by atoms with Gasteiger partial charge in [0.15, 0.2) is 39.9 Å². The van der Waals surface area contributed by atoms with E-state index in [9.17, 15) is 115 Å². The molecule has 11 rings (SSSR count). The highest BCUT2D eigenvalue weighted by Crippen LogP contribution is 2.18. The number of rotatable bonds is 51. The number of allylic oxidation sites excluding steroid dienone is 3. The van der Waals surface area contributed by atoms with Gasteiger partial charge < -0.3 is 113 Å². The zero-order valence-electron chi connectivity index (χ0n) is 81.5. The summed E-state index contributed by atoms with van der Waals surface area (Å²) < 4.78 is 7.22. The first-order valence-electron chi connectivity index (χ1n) is 45.8. The molecule has 150 heavy (non-hydrogen) atoms. The number of carbonyl (C=O) groups is 16. The molecule has 794 valence electrons. The largest absolute Gasteiger partial charge is 0.383 e. The molecule has 0 aliphatic heterocycles. The van der Waals surface area contributed by atoms with Crippen LogP contribution in [0, 0.1) is 20.8 Å². The topological polar surface area (TPSA) is 846 Å². The highest BCUT2D eigenvalue weighted by atomic mass is 16.2. The summed E-state index contributed by atoms with van der Waals surface area (Å²) in [5, 5.41) is 20.7. The van der Waals surface area contributed by atoms with Gasteiger partial charge in [0, 0.05) is 150 Å². The third-order valence-electron chi connectivity index (χ3n) is 22.4. The average molecular weight is 2080 g/mol. The molecular weight excluding hydrogens is 1980 g/mol. The number of hydrogen-bond acceptors (Lipinski definition) is 37. The number of nitrogen functional groups attached to an aromatic ring is 4. The summed E-state index contributed by atoms with van der Waals surface area (Å²) in [6, 6.07) is 0.834. The van der Waals surface area contributed by atoms with E-state index in [1.54, 1.807) is 13.8 Å². The van der Waals surface area contributed by atoms with Gasteiger partial charge in [-0.3, -0.25) is 134 Å². The molecule has 0 unspecified atom stereocenters. The molecule has 20 N–H and O–H groups in total. The number of ketones is 1. The van der Waals surface area contributed by atoms with Crippen molar-refractivity contribution in [3.8, 4) is 0 Å². The van der Waals surface area contributed by atoms with E-state index in [2.05, 4.69) is 114 Å². The second-order valence-electron chi connectivity index (χ2n) is 34.1. The number of fused-ring (bicyclic) bond motifs is 3. The van der Waals surface area contributed by atoms with Crippen molar-refractivity contribution in [3.05, 3.63) is 198 Å². The maximum atomic E-state index is 14.6. The number of nitrogens with one attached hydrogen (secondary N) is 12. The number of aryl methyl sites for hydroxylation is 3. The molecule has 10 aromatic rings. The van der Waals surface area contributed by atoms with Crippen LogP contribution in [-0.2, 0) is 123 Å². The van der Waals surface area contributed by atoms with Crippen molar-refractivity contribution in [1.29, 1.82) is 0 Å². The first-order chi connectivity index (χ1) is 71.3. The zero-order chi connectivity index (χ0) is 109. The van der Waals surface area contributed by atoms with E-state index in [1.807, 2.05) is 0 Å². The lowest BCUT2D eigenvalue weighted by Gasteiger charge is -2.26. The van der Waals surface area contributed by atoms with Crippen LogP contribution in [-0.4, -0.2) is 369 Å². The lowest BCUT2D eigenvalue weighted by Crippen LogP contribution is -2.50. The van der Waals surface area contributed by atoms with E-state index < -0.39 is 296 Å². The van der Waals surface area contributed by atoms with Crippen molar-refractivity contribution >= 4 is 151 Å². The van der Waals surface area contributed by atoms with E-state index >= 15 is 0 Å². The fourth-order valence-corrected chi connectivity index (χ4v) is 14.7. The van der Waals surface area contributed by atoms with Crippen LogP contribution in [0.5, 0.6) is 0 Å². The van der Waals surface area contributed by atoms with Gasteiger partial charge in [0.25, 0.3) is 28.1 Å². The van der Waals surface area contributed by atoms with Crippen molar-refractivity contribution in [2.75, 3.05) is 160 Å². The van der Waals surface area contributed by atoms with Gasteiger partial charge in [0.1, 0.15) is 75.3 Å². The molecule has 0 saturated carbocycles. The summed E-state index contributed by atoms with van der Waals surface area (Å²) in [5.41, 5.74) is 17.2. The first-order valence-corrected chi connectivity index (χ1v) is 45.8. The molecule has 15 amide bonds. The zero-order valence-corrected chi connectivity index (χ0v) is 81.5. The van der Waals surface area contributed by atoms with Crippen molar-refractivity contribution in [1.82, 2.24) is 174 Å². The lowest BCUT2D eigenvalue weighted by molar-refractivity contribution is -0.138. The minimum absolute atomic E-state index is 0.0280. The Labute approximate surface area is 843 Å². The molecule has 10 heterocycles. The van der Waals surface area contributed by atoms with E-state index in [0.717, 1.165) is 107 Å². The number of aromatic nitrogens is 20. The fraction of sp³-hybridized carbons (Fsp3) is 0.391. The Balaban J connectivity index is 0.758. The number of anilines is 4. The van der Waals surface area contributed by atoms with Crippen LogP contribution in [0.2, 0.25) is 0 Å². The Morgan fingerprint density at radius 1 is 0.360 bits per heavy atom. The van der Waals surface area contributed by atoms with E-state index in [-0.39, 0.29) is 117 Å². The predicted molar refractivity (Wildman–Crippen MR) is 525 cm³/mol. The van der Waals surface area contributed by atoms with Crippen LogP contribution in [0.1, 0.15) is 30.5 Å². The molecule has 63 heteroatoms. The first kappa shape index (κ1) is 111. The van der Waals surface area contributed by atoms with Gasteiger partial charge in [-0.25, -0.2) is 54.1 Å². The van der Waals surface area contributed by atoms with Gasteiger partial charge in [-0.05, 0) is 58.9 Å². The third-order valence-corrected chi connectivity index (χ3v) is 22.4. The standard InChI is InChI=1S/C87H107N39O24/c1-48(2)106-62(134)35-119(66(138)39-123-28-52(6)80(144)112-87(123)150)23-15-97-57(129)30-114(64(136)37-121-26-50(4)78(142)110-85(121)148)19-11-93-58(130)31-115(67(139)40-124-45-103-70-73(89)99-43-101-75(70)124)20-12-94-56(128)29-113(63(135)36-120-17-9-55(88)107-84(120)147)18-10-92-60(132)33-117(69(141)42-126-47-105-72-77(126)108-83(91)109-82(72)146)22-14-95-59(131)32-116(68(140)41-125-46-104-71-74(90)100-44-102-76(71)125)21-13-96-61(133)34-118(65(137)38-122-27-51(5)79(143)111-86(122)149)24-16-98-81(145)53-7-8-54(127)49(3)25-53/h7-9,17,25-28,43-48H,3,10-16,18-24,29-42H2,1-2,4-6H3,(H,92,132)(H,93,130)(H,94,128)(H,95,131)(H,96,133)(H,97,129)(H,98,145)(H,106,134)(H2,88,107,147)(H2,89,99,101)(H2,90,100,102)(H,110,142,148)(H,111,143,149)(H,112,144,150)(H3,91,108,109,146). The summed E-state index contributed by atoms with van der Waals surface area (Å²) in [4.78, 5) is 375. The van der Waals surface area contributed by atoms with Gasteiger partial charge in [-0.1, -0.05) is 6.58 Å². The van der Waals surface area contributed by atoms with Crippen LogP contribution in [0.15, 0.2) is 137 Å². The molecule has 1 aliphatic carbocycles. The number of carbonyl (C=O) groups excluding carboxylic acids is 16. The Bertz CT molecular complexity index is 7520. The van der Waals surface area contributed by atoms with E-state index in [4.69, 9.17) is 22.9 Å². The normalized spacial score (nSPS) is 11.6. The Morgan fingerprint density at radius 2 is 0.667 bits per heavy atom. The summed E-state index contributed by atoms with van der Waals surface area (Å²) >= 11 is 0. The van der Waals surface area contributed by atoms with Crippen LogP contribution in [0.4, 0.5) is 23.4 Å². The number of nitrogens with two attached hydrogens (primary N) is 4. The molecule has 0 bridgehead atoms. The maximum Gasteiger partial charge on any atom is 0.349 e. The fourth-order valence-electron chi connectivity index (χ4n) is 14.7. The third kappa shape index (κ3) is 31.0.